The number of H-pyrrole nitrogens is 1. The van der Waals surface area contributed by atoms with Crippen LogP contribution in [0.3, 0.4) is 0 Å². The van der Waals surface area contributed by atoms with Crippen LogP contribution in [-0.2, 0) is 29.0 Å². The van der Waals surface area contributed by atoms with Crippen molar-refractivity contribution in [2.75, 3.05) is 13.1 Å². The number of hydrogen-bond acceptors (Lipinski definition) is 4. The van der Waals surface area contributed by atoms with E-state index in [1.54, 1.807) is 12.1 Å². The number of nitrogens with one attached hydrogen (secondary N) is 1. The molecule has 1 aromatic heterocycles. The van der Waals surface area contributed by atoms with Crippen molar-refractivity contribution in [2.45, 2.75) is 63.9 Å². The molecule has 11 heteroatoms. The smallest absolute Gasteiger partial charge is 0.294 e. The lowest BCUT2D eigenvalue weighted by molar-refractivity contribution is -0.137. The van der Waals surface area contributed by atoms with Crippen LogP contribution in [-0.4, -0.2) is 41.4 Å². The molecule has 206 valence electrons. The van der Waals surface area contributed by atoms with Gasteiger partial charge in [-0.3, -0.25) is 14.7 Å². The van der Waals surface area contributed by atoms with Crippen LogP contribution in [0, 0.1) is 0 Å². The fourth-order valence-corrected chi connectivity index (χ4v) is 5.72. The van der Waals surface area contributed by atoms with Gasteiger partial charge in [0.1, 0.15) is 5.56 Å². The van der Waals surface area contributed by atoms with Crippen molar-refractivity contribution in [3.63, 3.8) is 0 Å². The summed E-state index contributed by atoms with van der Waals surface area (Å²) < 4.78 is 68.7. The zero-order valence-corrected chi connectivity index (χ0v) is 22.5. The van der Waals surface area contributed by atoms with E-state index in [0.29, 0.717) is 49.6 Å². The third kappa shape index (κ3) is 6.27. The average Bonchev–Trinajstić information content (AvgIpc) is 3.21. The molecule has 38 heavy (non-hydrogen) atoms. The fourth-order valence-electron chi connectivity index (χ4n) is 4.24. The van der Waals surface area contributed by atoms with Gasteiger partial charge in [-0.2, -0.15) is 17.5 Å². The zero-order valence-electron chi connectivity index (χ0n) is 21.6. The lowest BCUT2D eigenvalue weighted by atomic mass is 10.1. The maximum atomic E-state index is 13.5. The number of unbranched alkanes of at least 4 members (excludes halogenated alkanes) is 1. The molecular formula is C27H32F3N3O4S. The standard InChI is InChI=1S/C27H32F3N3O4S/c1-4-7-16-32(38(36,37)21-14-10-13-20(17-21)27(28,29)30)18-24(34)25-22(11-5-2)31-33(26(25)35)23-15-9-8-12-19(23)6-3/h8-10,12-15,17,31H,4-7,11,16,18H2,1-3H3. The van der Waals surface area contributed by atoms with Crippen LogP contribution in [0.2, 0.25) is 0 Å². The second kappa shape index (κ2) is 12.1. The Morgan fingerprint density at radius 3 is 2.37 bits per heavy atom. The molecule has 0 saturated heterocycles. The summed E-state index contributed by atoms with van der Waals surface area (Å²) in [6, 6.07) is 10.7. The summed E-state index contributed by atoms with van der Waals surface area (Å²) >= 11 is 0. The van der Waals surface area contributed by atoms with E-state index in [1.807, 2.05) is 32.9 Å². The second-order valence-electron chi connectivity index (χ2n) is 8.98. The molecule has 7 nitrogen and oxygen atoms in total. The van der Waals surface area contributed by atoms with E-state index in [4.69, 9.17) is 0 Å². The van der Waals surface area contributed by atoms with Gasteiger partial charge in [0.2, 0.25) is 10.0 Å². The van der Waals surface area contributed by atoms with Crippen molar-refractivity contribution in [1.29, 1.82) is 0 Å². The number of aromatic amines is 1. The van der Waals surface area contributed by atoms with E-state index < -0.39 is 44.5 Å². The third-order valence-corrected chi connectivity index (χ3v) is 8.08. The minimum absolute atomic E-state index is 0.0821. The summed E-state index contributed by atoms with van der Waals surface area (Å²) in [5, 5.41) is 3.02. The molecule has 0 radical (unpaired) electrons. The lowest BCUT2D eigenvalue weighted by Crippen LogP contribution is -2.38. The molecule has 0 aliphatic heterocycles. The minimum atomic E-state index is -4.73. The lowest BCUT2D eigenvalue weighted by Gasteiger charge is -2.22. The highest BCUT2D eigenvalue weighted by Crippen LogP contribution is 2.31. The molecular weight excluding hydrogens is 519 g/mol. The van der Waals surface area contributed by atoms with Crippen LogP contribution < -0.4 is 5.56 Å². The van der Waals surface area contributed by atoms with Gasteiger partial charge in [0, 0.05) is 12.2 Å². The number of benzene rings is 2. The Morgan fingerprint density at radius 1 is 1.03 bits per heavy atom. The molecule has 2 aromatic carbocycles. The molecule has 0 bridgehead atoms. The van der Waals surface area contributed by atoms with Crippen molar-refractivity contribution in [3.8, 4) is 5.69 Å². The van der Waals surface area contributed by atoms with E-state index in [2.05, 4.69) is 5.10 Å². The zero-order chi connectivity index (χ0) is 28.1. The van der Waals surface area contributed by atoms with Crippen molar-refractivity contribution in [3.05, 3.63) is 81.3 Å². The van der Waals surface area contributed by atoms with Crippen molar-refractivity contribution >= 4 is 15.8 Å². The maximum Gasteiger partial charge on any atom is 0.416 e. The summed E-state index contributed by atoms with van der Waals surface area (Å²) in [6.45, 7) is 4.90. The molecule has 0 spiro atoms. The Balaban J connectivity index is 2.05. The molecule has 3 rings (SSSR count). The SMILES string of the molecule is CCCCN(CC(=O)c1c(CCC)[nH]n(-c2ccccc2CC)c1=O)S(=O)(=O)c1cccc(C(F)(F)F)c1. The van der Waals surface area contributed by atoms with Gasteiger partial charge in [0.25, 0.3) is 5.56 Å². The largest absolute Gasteiger partial charge is 0.416 e. The molecule has 0 amide bonds. The Hall–Kier alpha value is -3.18. The Morgan fingerprint density at radius 2 is 1.74 bits per heavy atom. The van der Waals surface area contributed by atoms with Gasteiger partial charge in [-0.05, 0) is 49.1 Å². The van der Waals surface area contributed by atoms with Gasteiger partial charge in [0.15, 0.2) is 5.78 Å². The maximum absolute atomic E-state index is 13.5. The van der Waals surface area contributed by atoms with Crippen LogP contribution in [0.1, 0.15) is 67.2 Å². The first-order valence-corrected chi connectivity index (χ1v) is 14.0. The fraction of sp³-hybridized carbons (Fsp3) is 0.407. The van der Waals surface area contributed by atoms with Gasteiger partial charge >= 0.3 is 6.18 Å². The van der Waals surface area contributed by atoms with Crippen molar-refractivity contribution < 1.29 is 26.4 Å². The van der Waals surface area contributed by atoms with Gasteiger partial charge in [-0.15, -0.1) is 0 Å². The number of carbonyl (C=O) groups is 1. The summed E-state index contributed by atoms with van der Waals surface area (Å²) in [5.41, 5.74) is 0.0316. The molecule has 0 aliphatic rings. The van der Waals surface area contributed by atoms with E-state index in [0.717, 1.165) is 28.1 Å². The molecule has 0 atom stereocenters. The number of carbonyl (C=O) groups excluding carboxylic acids is 1. The van der Waals surface area contributed by atoms with Crippen molar-refractivity contribution in [1.82, 2.24) is 14.1 Å². The summed E-state index contributed by atoms with van der Waals surface area (Å²) in [6.07, 6.45) is -2.10. The number of aryl methyl sites for hydroxylation is 2. The van der Waals surface area contributed by atoms with Crippen LogP contribution in [0.25, 0.3) is 5.69 Å². The number of ketones is 1. The minimum Gasteiger partial charge on any atom is -0.294 e. The van der Waals surface area contributed by atoms with E-state index in [9.17, 15) is 31.2 Å². The average molecular weight is 552 g/mol. The first kappa shape index (κ1) is 29.4. The molecule has 3 aromatic rings. The van der Waals surface area contributed by atoms with Crippen LogP contribution in [0.15, 0.2) is 58.2 Å². The first-order chi connectivity index (χ1) is 17.9. The molecule has 0 fully saturated rings. The quantitative estimate of drug-likeness (QED) is 0.306. The van der Waals surface area contributed by atoms with Crippen LogP contribution in [0.4, 0.5) is 13.2 Å². The van der Waals surface area contributed by atoms with Gasteiger partial charge in [-0.1, -0.05) is 57.9 Å². The number of hydrogen-bond donors (Lipinski definition) is 1. The predicted molar refractivity (Wildman–Crippen MR) is 139 cm³/mol. The number of alkyl halides is 3. The molecule has 1 heterocycles. The normalized spacial score (nSPS) is 12.3. The van der Waals surface area contributed by atoms with Gasteiger partial charge < -0.3 is 0 Å². The van der Waals surface area contributed by atoms with Crippen LogP contribution in [0.5, 0.6) is 0 Å². The van der Waals surface area contributed by atoms with Crippen LogP contribution >= 0.6 is 0 Å². The molecule has 0 saturated carbocycles. The number of halogens is 3. The monoisotopic (exact) mass is 551 g/mol. The number of para-hydroxylation sites is 1. The van der Waals surface area contributed by atoms with Crippen molar-refractivity contribution in [2.24, 2.45) is 0 Å². The number of Topliss-reactive ketones (excluding diaryl/α,β-unsaturated/α-hetero) is 1. The Bertz CT molecular complexity index is 1440. The molecule has 0 aliphatic carbocycles. The van der Waals surface area contributed by atoms with Gasteiger partial charge in [-0.25, -0.2) is 13.1 Å². The first-order valence-electron chi connectivity index (χ1n) is 12.6. The molecule has 0 unspecified atom stereocenters. The highest BCUT2D eigenvalue weighted by Gasteiger charge is 2.34. The number of nitrogens with zero attached hydrogens (tertiary/aromatic N) is 2. The topological polar surface area (TPSA) is 92.2 Å². The Labute approximate surface area is 220 Å². The number of rotatable bonds is 12. The van der Waals surface area contributed by atoms with E-state index in [-0.39, 0.29) is 12.1 Å². The van der Waals surface area contributed by atoms with E-state index in [1.165, 1.54) is 4.68 Å². The number of sulfonamides is 1. The second-order valence-corrected chi connectivity index (χ2v) is 10.9. The van der Waals surface area contributed by atoms with Gasteiger partial charge in [0.05, 0.1) is 22.7 Å². The Kier molecular flexibility index (Phi) is 9.37. The molecule has 1 N–H and O–H groups in total. The number of aromatic nitrogens is 2. The highest BCUT2D eigenvalue weighted by atomic mass is 32.2. The predicted octanol–water partition coefficient (Wildman–Crippen LogP) is 5.37. The third-order valence-electron chi connectivity index (χ3n) is 6.24. The highest BCUT2D eigenvalue weighted by molar-refractivity contribution is 7.89. The van der Waals surface area contributed by atoms with E-state index >= 15 is 0 Å². The summed E-state index contributed by atoms with van der Waals surface area (Å²) in [7, 11) is -4.46. The summed E-state index contributed by atoms with van der Waals surface area (Å²) in [4.78, 5) is 26.4. The summed E-state index contributed by atoms with van der Waals surface area (Å²) in [5.74, 6) is -0.714.